The van der Waals surface area contributed by atoms with E-state index in [0.29, 0.717) is 5.56 Å². The molecule has 1 atom stereocenters. The third-order valence-electron chi connectivity index (χ3n) is 15.6. The van der Waals surface area contributed by atoms with Gasteiger partial charge < -0.3 is 18.9 Å². The van der Waals surface area contributed by atoms with Gasteiger partial charge in [-0.3, -0.25) is 0 Å². The summed E-state index contributed by atoms with van der Waals surface area (Å²) in [7, 11) is 2.25. The van der Waals surface area contributed by atoms with Gasteiger partial charge in [0.2, 0.25) is 0 Å². The Morgan fingerprint density at radius 2 is 1.19 bits per heavy atom. The lowest BCUT2D eigenvalue weighted by molar-refractivity contribution is 0.748. The second-order valence-electron chi connectivity index (χ2n) is 18.9. The van der Waals surface area contributed by atoms with Gasteiger partial charge in [0.1, 0.15) is 0 Å². The summed E-state index contributed by atoms with van der Waals surface area (Å²) in [4.78, 5) is 5.13. The van der Waals surface area contributed by atoms with Crippen LogP contribution in [0.2, 0.25) is 0 Å². The van der Waals surface area contributed by atoms with Crippen molar-refractivity contribution in [1.29, 1.82) is 5.26 Å². The Morgan fingerprint density at radius 3 is 2.04 bits per heavy atom. The van der Waals surface area contributed by atoms with E-state index >= 15 is 0 Å². The van der Waals surface area contributed by atoms with Crippen LogP contribution in [0.5, 0.6) is 0 Å². The third kappa shape index (κ3) is 4.40. The van der Waals surface area contributed by atoms with E-state index < -0.39 is 5.41 Å². The zero-order valence-electron chi connectivity index (χ0n) is 37.2. The fraction of sp³-hybridized carbons (Fsp3) is 0.0656. The summed E-state index contributed by atoms with van der Waals surface area (Å²) in [6.45, 7) is 4.46. The molecule has 0 radical (unpaired) electrons. The fourth-order valence-corrected chi connectivity index (χ4v) is 13.2. The highest BCUT2D eigenvalue weighted by Gasteiger charge is 2.53. The van der Waals surface area contributed by atoms with Gasteiger partial charge in [0.15, 0.2) is 0 Å². The monoisotopic (exact) mass is 853 g/mol. The average molecular weight is 854 g/mol. The molecule has 0 N–H and O–H groups in total. The van der Waals surface area contributed by atoms with Crippen molar-refractivity contribution in [2.75, 3.05) is 9.80 Å². The van der Waals surface area contributed by atoms with E-state index in [-0.39, 0.29) is 6.71 Å². The second kappa shape index (κ2) is 12.8. The van der Waals surface area contributed by atoms with Gasteiger partial charge in [-0.25, -0.2) is 0 Å². The normalized spacial score (nSPS) is 15.6. The predicted molar refractivity (Wildman–Crippen MR) is 276 cm³/mol. The Bertz CT molecular complexity index is 4080. The van der Waals surface area contributed by atoms with Gasteiger partial charge in [-0.15, -0.1) is 0 Å². The highest BCUT2D eigenvalue weighted by Crippen LogP contribution is 2.63. The molecule has 5 nitrogen and oxygen atoms in total. The summed E-state index contributed by atoms with van der Waals surface area (Å²) in [6.07, 6.45) is 0. The molecule has 312 valence electrons. The Kier molecular flexibility index (Phi) is 7.05. The summed E-state index contributed by atoms with van der Waals surface area (Å²) >= 11 is 0. The molecule has 15 rings (SSSR count). The standard InChI is InChI=1S/C61H40BN5/c1-36-27-29-48-53(31-36)66(55-33-37(2)32-54-57(55)62(48)60-59(65(54)39-15-5-4-6-16-39)43-19-9-11-24-49(43)64(60)3)52-26-14-22-45-56(52)42-18-7-10-21-44(42)61(45)46-23-13-20-41-40-17-8-12-25-50(40)67(58(41)46)51-30-28-38(35-63)34-47(51)61/h4-34H,1-3H3. The van der Waals surface area contributed by atoms with Gasteiger partial charge in [-0.1, -0.05) is 121 Å². The molecule has 1 aliphatic carbocycles. The van der Waals surface area contributed by atoms with E-state index in [2.05, 4.69) is 228 Å². The van der Waals surface area contributed by atoms with Crippen LogP contribution in [0.25, 0.3) is 49.5 Å². The van der Waals surface area contributed by atoms with Crippen LogP contribution in [0.15, 0.2) is 188 Å². The minimum Gasteiger partial charge on any atom is -0.353 e. The Morgan fingerprint density at radius 1 is 0.507 bits per heavy atom. The molecule has 6 heteroatoms. The molecule has 0 bridgehead atoms. The van der Waals surface area contributed by atoms with Crippen LogP contribution in [-0.4, -0.2) is 15.8 Å². The van der Waals surface area contributed by atoms with Gasteiger partial charge in [0.05, 0.1) is 45.1 Å². The van der Waals surface area contributed by atoms with E-state index in [9.17, 15) is 5.26 Å². The number of aryl methyl sites for hydroxylation is 3. The van der Waals surface area contributed by atoms with Crippen molar-refractivity contribution in [2.45, 2.75) is 19.3 Å². The third-order valence-corrected chi connectivity index (χ3v) is 15.6. The van der Waals surface area contributed by atoms with Crippen molar-refractivity contribution in [3.8, 4) is 22.9 Å². The van der Waals surface area contributed by atoms with Crippen LogP contribution in [0.4, 0.5) is 34.1 Å². The Hall–Kier alpha value is -8.53. The Balaban J connectivity index is 1.08. The average Bonchev–Trinajstić information content (AvgIpc) is 3.97. The molecule has 1 spiro atoms. The maximum atomic E-state index is 10.6. The molecule has 0 fully saturated rings. The lowest BCUT2D eigenvalue weighted by Gasteiger charge is -2.44. The lowest BCUT2D eigenvalue weighted by Crippen LogP contribution is -2.62. The zero-order chi connectivity index (χ0) is 44.4. The van der Waals surface area contributed by atoms with Crippen LogP contribution >= 0.6 is 0 Å². The summed E-state index contributed by atoms with van der Waals surface area (Å²) in [5.74, 6) is 0. The first-order valence-corrected chi connectivity index (χ1v) is 23.3. The molecule has 11 aromatic rings. The number of aromatic nitrogens is 2. The van der Waals surface area contributed by atoms with E-state index in [0.717, 1.165) is 22.6 Å². The number of fused-ring (bicyclic) bond motifs is 18. The molecular weight excluding hydrogens is 814 g/mol. The van der Waals surface area contributed by atoms with Gasteiger partial charge >= 0.3 is 0 Å². The molecule has 0 saturated heterocycles. The summed E-state index contributed by atoms with van der Waals surface area (Å²) < 4.78 is 4.90. The van der Waals surface area contributed by atoms with Gasteiger partial charge in [0, 0.05) is 62.6 Å². The topological polar surface area (TPSA) is 40.1 Å². The predicted octanol–water partition coefficient (Wildman–Crippen LogP) is 12.5. The fourth-order valence-electron chi connectivity index (χ4n) is 13.2. The van der Waals surface area contributed by atoms with Crippen molar-refractivity contribution >= 4 is 90.1 Å². The first-order valence-electron chi connectivity index (χ1n) is 23.3. The number of nitriles is 1. The number of benzene rings is 9. The van der Waals surface area contributed by atoms with Crippen molar-refractivity contribution in [1.82, 2.24) is 9.13 Å². The van der Waals surface area contributed by atoms with Crippen molar-refractivity contribution in [2.24, 2.45) is 7.05 Å². The highest BCUT2D eigenvalue weighted by atomic mass is 15.2. The minimum absolute atomic E-state index is 0.0191. The summed E-state index contributed by atoms with van der Waals surface area (Å²) in [6, 6.07) is 72.3. The molecular formula is C61H40BN5. The molecule has 2 aromatic heterocycles. The number of rotatable bonds is 2. The quantitative estimate of drug-likeness (QED) is 0.163. The minimum atomic E-state index is -0.712. The molecule has 4 aliphatic rings. The highest BCUT2D eigenvalue weighted by molar-refractivity contribution is 7.00. The Labute approximate surface area is 388 Å². The van der Waals surface area contributed by atoms with Gasteiger partial charge in [-0.05, 0) is 130 Å². The van der Waals surface area contributed by atoms with Crippen LogP contribution in [0, 0.1) is 25.2 Å². The second-order valence-corrected chi connectivity index (χ2v) is 18.9. The molecule has 5 heterocycles. The van der Waals surface area contributed by atoms with Crippen molar-refractivity contribution < 1.29 is 0 Å². The van der Waals surface area contributed by atoms with E-state index in [4.69, 9.17) is 0 Å². The van der Waals surface area contributed by atoms with E-state index in [1.165, 1.54) is 111 Å². The van der Waals surface area contributed by atoms with E-state index in [1.54, 1.807) is 0 Å². The molecule has 1 unspecified atom stereocenters. The van der Waals surface area contributed by atoms with Crippen LogP contribution in [0.3, 0.4) is 0 Å². The van der Waals surface area contributed by atoms with Gasteiger partial charge in [-0.2, -0.15) is 5.26 Å². The van der Waals surface area contributed by atoms with Crippen LogP contribution < -0.4 is 26.3 Å². The maximum absolute atomic E-state index is 10.6. The van der Waals surface area contributed by atoms with E-state index in [1.807, 2.05) is 6.07 Å². The molecule has 67 heavy (non-hydrogen) atoms. The van der Waals surface area contributed by atoms with Crippen LogP contribution in [0.1, 0.15) is 38.9 Å². The maximum Gasteiger partial charge on any atom is 0.272 e. The molecule has 9 aromatic carbocycles. The summed E-state index contributed by atoms with van der Waals surface area (Å²) in [5, 5.41) is 14.3. The molecule has 3 aliphatic heterocycles. The number of hydrogen-bond donors (Lipinski definition) is 0. The van der Waals surface area contributed by atoms with Crippen LogP contribution in [-0.2, 0) is 12.5 Å². The number of para-hydroxylation sites is 4. The SMILES string of the molecule is Cc1ccc2c(c1)N(c1cccc3c1-c1ccccc1C31c3cc(C#N)ccc3-n3c4ccccc4c4cccc1c43)c1cc(C)cc3c1B2c1c(c2ccccc2n1C)N3c1ccccc1. The first-order chi connectivity index (χ1) is 33.0. The number of nitrogens with zero attached hydrogens (tertiary/aromatic N) is 5. The van der Waals surface area contributed by atoms with Crippen molar-refractivity contribution in [3.05, 3.63) is 227 Å². The largest absolute Gasteiger partial charge is 0.353 e. The molecule has 0 amide bonds. The number of hydrogen-bond acceptors (Lipinski definition) is 3. The molecule has 0 saturated carbocycles. The lowest BCUT2D eigenvalue weighted by atomic mass is 9.35. The van der Waals surface area contributed by atoms with Gasteiger partial charge in [0.25, 0.3) is 6.71 Å². The smallest absolute Gasteiger partial charge is 0.272 e. The number of anilines is 6. The summed E-state index contributed by atoms with van der Waals surface area (Å²) in [5.41, 5.74) is 25.4. The van der Waals surface area contributed by atoms with Crippen molar-refractivity contribution in [3.63, 3.8) is 0 Å². The zero-order valence-corrected chi connectivity index (χ0v) is 37.2. The first kappa shape index (κ1) is 36.8.